The molecule has 0 atom stereocenters. The summed E-state index contributed by atoms with van der Waals surface area (Å²) in [6, 6.07) is 20.1. The molecule has 0 aromatic heterocycles. The minimum Gasteiger partial charge on any atom is -0.305 e. The van der Waals surface area contributed by atoms with Crippen LogP contribution in [0.4, 0.5) is 0 Å². The van der Waals surface area contributed by atoms with Gasteiger partial charge in [-0.2, -0.15) is 0 Å². The molecule has 0 bridgehead atoms. The van der Waals surface area contributed by atoms with Gasteiger partial charge in [-0.05, 0) is 95.8 Å². The molecule has 1 N–H and O–H groups in total. The highest BCUT2D eigenvalue weighted by Crippen LogP contribution is 2.36. The molecule has 5 nitrogen and oxygen atoms in total. The third kappa shape index (κ3) is 7.87. The Morgan fingerprint density at radius 3 is 1.90 bits per heavy atom. The van der Waals surface area contributed by atoms with Gasteiger partial charge in [0.25, 0.3) is 10.0 Å². The normalized spacial score (nSPS) is 14.7. The molecule has 0 radical (unpaired) electrons. The number of hydrogen-bond acceptors (Lipinski definition) is 4. The minimum absolute atomic E-state index is 0.0138. The van der Waals surface area contributed by atoms with Gasteiger partial charge in [-0.25, -0.2) is 13.1 Å². The third-order valence-electron chi connectivity index (χ3n) is 8.20. The molecule has 1 amide bonds. The Labute approximate surface area is 247 Å². The molecular weight excluding hydrogens is 528 g/mol. The molecule has 0 spiro atoms. The second-order valence-corrected chi connectivity index (χ2v) is 14.2. The molecule has 41 heavy (non-hydrogen) atoms. The summed E-state index contributed by atoms with van der Waals surface area (Å²) in [5.74, 6) is 0.509. The van der Waals surface area contributed by atoms with Gasteiger partial charge in [0, 0.05) is 6.54 Å². The lowest BCUT2D eigenvalue weighted by Crippen LogP contribution is -2.32. The third-order valence-corrected chi connectivity index (χ3v) is 9.59. The second kappa shape index (κ2) is 13.3. The fraction of sp³-hybridized carbons (Fsp3) is 0.457. The van der Waals surface area contributed by atoms with E-state index >= 15 is 0 Å². The maximum atomic E-state index is 13.2. The number of nitrogens with zero attached hydrogens (tertiary/aromatic N) is 1. The molecule has 0 saturated heterocycles. The fourth-order valence-corrected chi connectivity index (χ4v) is 7.03. The Morgan fingerprint density at radius 2 is 1.39 bits per heavy atom. The smallest absolute Gasteiger partial charge is 0.264 e. The first-order valence-corrected chi connectivity index (χ1v) is 16.5. The number of benzene rings is 3. The second-order valence-electron chi connectivity index (χ2n) is 12.5. The molecule has 6 heteroatoms. The number of nitrogens with one attached hydrogen (secondary N) is 1. The van der Waals surface area contributed by atoms with E-state index in [9.17, 15) is 13.2 Å². The van der Waals surface area contributed by atoms with Crippen molar-refractivity contribution >= 4 is 15.9 Å². The average molecular weight is 575 g/mol. The lowest BCUT2D eigenvalue weighted by atomic mass is 9.82. The Bertz CT molecular complexity index is 1400. The van der Waals surface area contributed by atoms with Gasteiger partial charge in [-0.1, -0.05) is 95.5 Å². The predicted octanol–water partition coefficient (Wildman–Crippen LogP) is 7.76. The van der Waals surface area contributed by atoms with E-state index in [0.29, 0.717) is 12.5 Å². The maximum Gasteiger partial charge on any atom is 0.264 e. The number of rotatable bonds is 10. The highest BCUT2D eigenvalue weighted by molar-refractivity contribution is 7.90. The monoisotopic (exact) mass is 574 g/mol. The van der Waals surface area contributed by atoms with Crippen LogP contribution in [0.1, 0.15) is 105 Å². The lowest BCUT2D eigenvalue weighted by molar-refractivity contribution is -0.118. The van der Waals surface area contributed by atoms with Crippen molar-refractivity contribution in [1.82, 2.24) is 9.62 Å². The first-order valence-electron chi connectivity index (χ1n) is 15.0. The number of carbonyl (C=O) groups excluding carboxylic acids is 1. The predicted molar refractivity (Wildman–Crippen MR) is 169 cm³/mol. The maximum absolute atomic E-state index is 13.2. The lowest BCUT2D eigenvalue weighted by Gasteiger charge is -2.23. The van der Waals surface area contributed by atoms with Crippen LogP contribution in [0.3, 0.4) is 0 Å². The van der Waals surface area contributed by atoms with E-state index < -0.39 is 15.9 Å². The zero-order chi connectivity index (χ0) is 29.7. The van der Waals surface area contributed by atoms with Crippen molar-refractivity contribution in [3.63, 3.8) is 0 Å². The zero-order valence-corrected chi connectivity index (χ0v) is 26.4. The molecule has 4 rings (SSSR count). The van der Waals surface area contributed by atoms with Gasteiger partial charge in [0.1, 0.15) is 0 Å². The van der Waals surface area contributed by atoms with E-state index in [1.807, 2.05) is 19.0 Å². The van der Waals surface area contributed by atoms with Crippen LogP contribution in [-0.2, 0) is 27.8 Å². The largest absolute Gasteiger partial charge is 0.305 e. The average Bonchev–Trinajstić information content (AvgIpc) is 2.93. The van der Waals surface area contributed by atoms with Crippen molar-refractivity contribution in [3.05, 3.63) is 88.5 Å². The number of amides is 1. The molecule has 0 unspecified atom stereocenters. The molecule has 1 saturated carbocycles. The summed E-state index contributed by atoms with van der Waals surface area (Å²) in [5, 5.41) is 0. The fourth-order valence-electron chi connectivity index (χ4n) is 6.05. The quantitative estimate of drug-likeness (QED) is 0.269. The van der Waals surface area contributed by atoms with Crippen LogP contribution >= 0.6 is 0 Å². The molecule has 1 fully saturated rings. The molecule has 0 heterocycles. The van der Waals surface area contributed by atoms with E-state index in [1.165, 1.54) is 43.2 Å². The van der Waals surface area contributed by atoms with Crippen molar-refractivity contribution in [3.8, 4) is 11.1 Å². The Hall–Kier alpha value is -2.96. The molecule has 0 aliphatic heterocycles. The van der Waals surface area contributed by atoms with Crippen LogP contribution in [0, 0.1) is 0 Å². The standard InChI is InChI=1S/C35H46N2O3S/c1-24(2)32-20-30(29-16-14-28(15-17-29)27-10-8-7-9-11-27)21-33(25(3)4)34(32)22-35(38)36-41(39,40)31-18-12-26(13-19-31)23-37(5)6/h12-21,24-25,27H,7-11,22-23H2,1-6H3,(H,36,38). The first kappa shape index (κ1) is 31.0. The Morgan fingerprint density at radius 1 is 0.829 bits per heavy atom. The summed E-state index contributed by atoms with van der Waals surface area (Å²) in [6.07, 6.45) is 6.57. The van der Waals surface area contributed by atoms with E-state index in [2.05, 4.69) is 68.8 Å². The van der Waals surface area contributed by atoms with Crippen LogP contribution in [0.15, 0.2) is 65.6 Å². The van der Waals surface area contributed by atoms with Crippen LogP contribution in [0.25, 0.3) is 11.1 Å². The first-order chi connectivity index (χ1) is 19.4. The molecule has 3 aromatic rings. The van der Waals surface area contributed by atoms with E-state index in [-0.39, 0.29) is 23.2 Å². The van der Waals surface area contributed by atoms with Crippen molar-refractivity contribution in [2.75, 3.05) is 14.1 Å². The highest BCUT2D eigenvalue weighted by atomic mass is 32.2. The van der Waals surface area contributed by atoms with Gasteiger partial charge in [0.15, 0.2) is 0 Å². The molecule has 1 aliphatic rings. The van der Waals surface area contributed by atoms with Crippen LogP contribution < -0.4 is 4.72 Å². The highest BCUT2D eigenvalue weighted by Gasteiger charge is 2.23. The molecule has 3 aromatic carbocycles. The summed E-state index contributed by atoms with van der Waals surface area (Å²) in [7, 11) is -0.0482. The van der Waals surface area contributed by atoms with Crippen LogP contribution in [0.2, 0.25) is 0 Å². The van der Waals surface area contributed by atoms with Crippen molar-refractivity contribution in [1.29, 1.82) is 0 Å². The van der Waals surface area contributed by atoms with Crippen molar-refractivity contribution in [2.45, 2.75) is 95.4 Å². The van der Waals surface area contributed by atoms with Gasteiger partial charge in [-0.15, -0.1) is 0 Å². The van der Waals surface area contributed by atoms with Crippen LogP contribution in [0.5, 0.6) is 0 Å². The Kier molecular flexibility index (Phi) is 10.1. The van der Waals surface area contributed by atoms with Gasteiger partial charge in [0.05, 0.1) is 11.3 Å². The Balaban J connectivity index is 1.58. The van der Waals surface area contributed by atoms with Crippen molar-refractivity contribution < 1.29 is 13.2 Å². The summed E-state index contributed by atoms with van der Waals surface area (Å²) >= 11 is 0. The van der Waals surface area contributed by atoms with Crippen molar-refractivity contribution in [2.24, 2.45) is 0 Å². The van der Waals surface area contributed by atoms with Gasteiger partial charge < -0.3 is 4.90 Å². The zero-order valence-electron chi connectivity index (χ0n) is 25.5. The SMILES string of the molecule is CC(C)c1cc(-c2ccc(C3CCCCC3)cc2)cc(C(C)C)c1CC(=O)NS(=O)(=O)c1ccc(CN(C)C)cc1. The molecular formula is C35H46N2O3S. The van der Waals surface area contributed by atoms with Crippen LogP contribution in [-0.4, -0.2) is 33.3 Å². The summed E-state index contributed by atoms with van der Waals surface area (Å²) in [4.78, 5) is 15.3. The van der Waals surface area contributed by atoms with E-state index in [0.717, 1.165) is 27.8 Å². The number of carbonyl (C=O) groups is 1. The topological polar surface area (TPSA) is 66.5 Å². The number of hydrogen-bond donors (Lipinski definition) is 1. The molecule has 1 aliphatic carbocycles. The van der Waals surface area contributed by atoms with Gasteiger partial charge >= 0.3 is 0 Å². The summed E-state index contributed by atoms with van der Waals surface area (Å²) < 4.78 is 28.4. The minimum atomic E-state index is -3.97. The van der Waals surface area contributed by atoms with E-state index in [4.69, 9.17) is 0 Å². The summed E-state index contributed by atoms with van der Waals surface area (Å²) in [6.45, 7) is 9.22. The van der Waals surface area contributed by atoms with Gasteiger partial charge in [0.2, 0.25) is 5.91 Å². The van der Waals surface area contributed by atoms with E-state index in [1.54, 1.807) is 24.3 Å². The summed E-state index contributed by atoms with van der Waals surface area (Å²) in [5.41, 5.74) is 7.85. The van der Waals surface area contributed by atoms with Gasteiger partial charge in [-0.3, -0.25) is 4.79 Å². The number of sulfonamides is 1. The molecule has 220 valence electrons.